The van der Waals surface area contributed by atoms with Crippen LogP contribution in [-0.2, 0) is 11.2 Å². The summed E-state index contributed by atoms with van der Waals surface area (Å²) in [6.07, 6.45) is -0.0150. The number of halogens is 1. The minimum atomic E-state index is -0.560. The van der Waals surface area contributed by atoms with Crippen LogP contribution >= 0.6 is 11.6 Å². The van der Waals surface area contributed by atoms with Crippen molar-refractivity contribution in [3.05, 3.63) is 61.4 Å². The third kappa shape index (κ3) is 3.93. The monoisotopic (exact) mass is 362 g/mol. The fourth-order valence-corrected chi connectivity index (χ4v) is 3.09. The minimum absolute atomic E-state index is 0.0150. The number of nitrogens with zero attached hydrogens (tertiary/aromatic N) is 2. The maximum absolute atomic E-state index is 12.5. The molecule has 0 radical (unpaired) electrons. The van der Waals surface area contributed by atoms with Gasteiger partial charge in [-0.05, 0) is 31.2 Å². The molecule has 3 rings (SSSR count). The summed E-state index contributed by atoms with van der Waals surface area (Å²) in [5, 5.41) is 0.694. The number of H-pyrrole nitrogens is 2. The summed E-state index contributed by atoms with van der Waals surface area (Å²) in [5.74, 6) is -0.114. The van der Waals surface area contributed by atoms with E-state index in [9.17, 15) is 14.4 Å². The van der Waals surface area contributed by atoms with Gasteiger partial charge in [0.25, 0.3) is 5.56 Å². The molecule has 1 fully saturated rings. The van der Waals surface area contributed by atoms with Crippen molar-refractivity contribution in [2.45, 2.75) is 13.3 Å². The molecule has 0 bridgehead atoms. The summed E-state index contributed by atoms with van der Waals surface area (Å²) < 4.78 is 0. The van der Waals surface area contributed by atoms with E-state index in [4.69, 9.17) is 11.6 Å². The van der Waals surface area contributed by atoms with Crippen LogP contribution in [0.1, 0.15) is 11.3 Å². The summed E-state index contributed by atoms with van der Waals surface area (Å²) in [4.78, 5) is 44.2. The molecule has 25 heavy (non-hydrogen) atoms. The van der Waals surface area contributed by atoms with E-state index in [0.29, 0.717) is 42.5 Å². The first-order chi connectivity index (χ1) is 11.9. The van der Waals surface area contributed by atoms with Crippen LogP contribution in [0.4, 0.5) is 5.69 Å². The van der Waals surface area contributed by atoms with Crippen molar-refractivity contribution in [1.82, 2.24) is 14.9 Å². The van der Waals surface area contributed by atoms with Crippen molar-refractivity contribution < 1.29 is 4.79 Å². The first-order valence-electron chi connectivity index (χ1n) is 8.04. The largest absolute Gasteiger partial charge is 0.368 e. The number of rotatable bonds is 3. The molecule has 0 saturated carbocycles. The molecule has 0 aliphatic carbocycles. The molecule has 1 aromatic carbocycles. The highest BCUT2D eigenvalue weighted by Gasteiger charge is 2.22. The number of anilines is 1. The Morgan fingerprint density at radius 3 is 2.32 bits per heavy atom. The molecule has 0 atom stereocenters. The molecule has 1 aromatic heterocycles. The Kier molecular flexibility index (Phi) is 4.94. The number of aryl methyl sites for hydroxylation is 1. The summed E-state index contributed by atoms with van der Waals surface area (Å²) in [6.45, 7) is 4.23. The first kappa shape index (κ1) is 17.3. The highest BCUT2D eigenvalue weighted by Crippen LogP contribution is 2.19. The molecule has 8 heteroatoms. The number of hydrogen-bond donors (Lipinski definition) is 2. The smallest absolute Gasteiger partial charge is 0.325 e. The van der Waals surface area contributed by atoms with E-state index in [-0.39, 0.29) is 12.3 Å². The third-order valence-corrected chi connectivity index (χ3v) is 4.66. The van der Waals surface area contributed by atoms with E-state index >= 15 is 0 Å². The van der Waals surface area contributed by atoms with Gasteiger partial charge in [0.15, 0.2) is 0 Å². The van der Waals surface area contributed by atoms with Crippen molar-refractivity contribution in [2.75, 3.05) is 31.1 Å². The molecule has 1 amide bonds. The van der Waals surface area contributed by atoms with Crippen LogP contribution in [0.2, 0.25) is 5.02 Å². The molecular formula is C17H19ClN4O3. The summed E-state index contributed by atoms with van der Waals surface area (Å²) in [5.41, 5.74) is 0.751. The van der Waals surface area contributed by atoms with Gasteiger partial charge in [-0.15, -0.1) is 0 Å². The molecule has 2 N–H and O–H groups in total. The van der Waals surface area contributed by atoms with Crippen LogP contribution in [0.5, 0.6) is 0 Å². The second kappa shape index (κ2) is 7.14. The van der Waals surface area contributed by atoms with Gasteiger partial charge in [-0.25, -0.2) is 4.79 Å². The maximum Gasteiger partial charge on any atom is 0.325 e. The van der Waals surface area contributed by atoms with Gasteiger partial charge < -0.3 is 14.8 Å². The second-order valence-electron chi connectivity index (χ2n) is 6.03. The van der Waals surface area contributed by atoms with E-state index in [2.05, 4.69) is 14.9 Å². The zero-order valence-electron chi connectivity index (χ0n) is 13.8. The fraction of sp³-hybridized carbons (Fsp3) is 0.353. The summed E-state index contributed by atoms with van der Waals surface area (Å²) in [7, 11) is 0. The average Bonchev–Trinajstić information content (AvgIpc) is 2.59. The van der Waals surface area contributed by atoms with E-state index in [1.165, 1.54) is 0 Å². The molecule has 132 valence electrons. The number of benzene rings is 1. The number of aromatic amines is 2. The van der Waals surface area contributed by atoms with E-state index in [1.54, 1.807) is 11.8 Å². The van der Waals surface area contributed by atoms with Crippen LogP contribution in [0.25, 0.3) is 0 Å². The quantitative estimate of drug-likeness (QED) is 0.849. The number of aromatic nitrogens is 2. The van der Waals surface area contributed by atoms with Crippen molar-refractivity contribution >= 4 is 23.2 Å². The van der Waals surface area contributed by atoms with E-state index in [1.807, 2.05) is 24.3 Å². The Morgan fingerprint density at radius 2 is 1.72 bits per heavy atom. The number of amides is 1. The number of carbonyl (C=O) groups excluding carboxylic acids is 1. The van der Waals surface area contributed by atoms with E-state index in [0.717, 1.165) is 5.69 Å². The molecule has 1 aliphatic heterocycles. The highest BCUT2D eigenvalue weighted by molar-refractivity contribution is 6.30. The number of nitrogens with one attached hydrogen (secondary N) is 2. The zero-order valence-corrected chi connectivity index (χ0v) is 14.6. The first-order valence-corrected chi connectivity index (χ1v) is 8.42. The van der Waals surface area contributed by atoms with Gasteiger partial charge in [-0.1, -0.05) is 11.6 Å². The second-order valence-corrected chi connectivity index (χ2v) is 6.47. The van der Waals surface area contributed by atoms with Crippen molar-refractivity contribution in [1.29, 1.82) is 0 Å². The lowest BCUT2D eigenvalue weighted by molar-refractivity contribution is -0.130. The lowest BCUT2D eigenvalue weighted by Gasteiger charge is -2.36. The molecule has 0 unspecified atom stereocenters. The lowest BCUT2D eigenvalue weighted by atomic mass is 10.1. The maximum atomic E-state index is 12.5. The number of piperazine rings is 1. The van der Waals surface area contributed by atoms with Crippen molar-refractivity contribution in [3.8, 4) is 0 Å². The van der Waals surface area contributed by atoms with Crippen molar-refractivity contribution in [3.63, 3.8) is 0 Å². The zero-order chi connectivity index (χ0) is 18.0. The van der Waals surface area contributed by atoms with Gasteiger partial charge in [0.2, 0.25) is 5.91 Å². The SMILES string of the molecule is Cc1[nH]c(=O)[nH]c(=O)c1CC(=O)N1CCN(c2ccc(Cl)cc2)CC1. The van der Waals surface area contributed by atoms with Crippen LogP contribution in [0.15, 0.2) is 33.9 Å². The predicted octanol–water partition coefficient (Wildman–Crippen LogP) is 0.916. The molecular weight excluding hydrogens is 344 g/mol. The van der Waals surface area contributed by atoms with E-state index < -0.39 is 11.2 Å². The van der Waals surface area contributed by atoms with Crippen LogP contribution in [-0.4, -0.2) is 47.0 Å². The van der Waals surface area contributed by atoms with Crippen LogP contribution < -0.4 is 16.1 Å². The minimum Gasteiger partial charge on any atom is -0.368 e. The molecule has 0 spiro atoms. The Morgan fingerprint density at radius 1 is 1.08 bits per heavy atom. The fourth-order valence-electron chi connectivity index (χ4n) is 2.97. The third-order valence-electron chi connectivity index (χ3n) is 4.41. The highest BCUT2D eigenvalue weighted by atomic mass is 35.5. The van der Waals surface area contributed by atoms with Crippen molar-refractivity contribution in [2.24, 2.45) is 0 Å². The summed E-state index contributed by atoms with van der Waals surface area (Å²) in [6, 6.07) is 7.62. The Bertz CT molecular complexity index is 880. The van der Waals surface area contributed by atoms with Gasteiger partial charge in [0.05, 0.1) is 6.42 Å². The Balaban J connectivity index is 1.63. The van der Waals surface area contributed by atoms with Gasteiger partial charge in [0.1, 0.15) is 0 Å². The van der Waals surface area contributed by atoms with Crippen LogP contribution in [0, 0.1) is 6.92 Å². The predicted molar refractivity (Wildman–Crippen MR) is 96.4 cm³/mol. The normalized spacial score (nSPS) is 14.6. The molecule has 1 saturated heterocycles. The van der Waals surface area contributed by atoms with Gasteiger partial charge >= 0.3 is 5.69 Å². The van der Waals surface area contributed by atoms with Gasteiger partial charge in [-0.2, -0.15) is 0 Å². The number of carbonyl (C=O) groups is 1. The standard InChI is InChI=1S/C17H19ClN4O3/c1-11-14(16(24)20-17(25)19-11)10-15(23)22-8-6-21(7-9-22)13-4-2-12(18)3-5-13/h2-5H,6-10H2,1H3,(H2,19,20,24,25). The Labute approximate surface area is 149 Å². The topological polar surface area (TPSA) is 89.3 Å². The molecule has 2 aromatic rings. The Hall–Kier alpha value is -2.54. The molecule has 2 heterocycles. The molecule has 1 aliphatic rings. The lowest BCUT2D eigenvalue weighted by Crippen LogP contribution is -2.49. The number of hydrogen-bond acceptors (Lipinski definition) is 4. The average molecular weight is 363 g/mol. The van der Waals surface area contributed by atoms with Gasteiger partial charge in [-0.3, -0.25) is 14.6 Å². The molecule has 7 nitrogen and oxygen atoms in total. The van der Waals surface area contributed by atoms with Gasteiger partial charge in [0, 0.05) is 48.1 Å². The summed E-state index contributed by atoms with van der Waals surface area (Å²) >= 11 is 5.91. The van der Waals surface area contributed by atoms with Crippen LogP contribution in [0.3, 0.4) is 0 Å².